The fraction of sp³-hybridized carbons (Fsp3) is 0.619. The average Bonchev–Trinajstić information content (AvgIpc) is 2.64. The lowest BCUT2D eigenvalue weighted by Gasteiger charge is -2.64. The second-order valence-corrected chi connectivity index (χ2v) is 9.04. The van der Waals surface area contributed by atoms with E-state index in [0.29, 0.717) is 44.2 Å². The standard InChI is InChI=1S/C21H29N3O6/c1-24-7-6-20-10-12(23-15(25)9-16(26)27)4-5-21(20,30)14(24)8-11-2-3-13(19(22)29)18(28)17(11)20/h2-3,12,14-15,23,25,28,30H,4-10H2,1H3,(H2,22,29)(H,26,27)/t12-,14-,15?,20-,21-/m1/s1. The molecule has 2 fully saturated rings. The molecule has 1 aromatic carbocycles. The van der Waals surface area contributed by atoms with E-state index in [1.807, 2.05) is 7.05 Å². The van der Waals surface area contributed by atoms with Crippen LogP contribution in [-0.2, 0) is 16.6 Å². The van der Waals surface area contributed by atoms with Crippen LogP contribution in [0.2, 0.25) is 0 Å². The van der Waals surface area contributed by atoms with E-state index >= 15 is 0 Å². The Morgan fingerprint density at radius 2 is 2.10 bits per heavy atom. The van der Waals surface area contributed by atoms with Gasteiger partial charge in [0.05, 0.1) is 17.6 Å². The van der Waals surface area contributed by atoms with E-state index in [9.17, 15) is 24.9 Å². The van der Waals surface area contributed by atoms with E-state index < -0.39 is 35.5 Å². The minimum absolute atomic E-state index is 0.0313. The Kier molecular flexibility index (Phi) is 5.05. The summed E-state index contributed by atoms with van der Waals surface area (Å²) >= 11 is 0. The number of primary amides is 1. The van der Waals surface area contributed by atoms with E-state index in [4.69, 9.17) is 10.8 Å². The molecule has 7 N–H and O–H groups in total. The van der Waals surface area contributed by atoms with Gasteiger partial charge in [0.15, 0.2) is 0 Å². The number of hydrogen-bond acceptors (Lipinski definition) is 7. The highest BCUT2D eigenvalue weighted by Gasteiger charge is 2.65. The van der Waals surface area contributed by atoms with E-state index in [1.54, 1.807) is 6.07 Å². The van der Waals surface area contributed by atoms with Crippen molar-refractivity contribution < 1.29 is 30.0 Å². The first-order chi connectivity index (χ1) is 14.1. The van der Waals surface area contributed by atoms with Crippen molar-refractivity contribution >= 4 is 11.9 Å². The quantitative estimate of drug-likeness (QED) is 0.354. The van der Waals surface area contributed by atoms with Gasteiger partial charge in [0.1, 0.15) is 12.0 Å². The number of hydrogen-bond donors (Lipinski definition) is 6. The molecule has 1 aliphatic heterocycles. The number of fused-ring (bicyclic) bond motifs is 1. The highest BCUT2D eigenvalue weighted by Crippen LogP contribution is 2.60. The number of nitrogens with one attached hydrogen (secondary N) is 1. The normalized spacial score (nSPS) is 34.0. The predicted molar refractivity (Wildman–Crippen MR) is 107 cm³/mol. The second-order valence-electron chi connectivity index (χ2n) is 9.04. The molecule has 0 spiro atoms. The number of aliphatic carboxylic acids is 1. The third-order valence-corrected chi connectivity index (χ3v) is 7.49. The largest absolute Gasteiger partial charge is 0.507 e. The van der Waals surface area contributed by atoms with Crippen LogP contribution in [0, 0.1) is 0 Å². The van der Waals surface area contributed by atoms with Gasteiger partial charge in [-0.3, -0.25) is 14.9 Å². The van der Waals surface area contributed by atoms with Crippen molar-refractivity contribution in [2.45, 2.75) is 67.9 Å². The summed E-state index contributed by atoms with van der Waals surface area (Å²) in [7, 11) is 1.98. The lowest BCUT2D eigenvalue weighted by molar-refractivity contribution is -0.167. The molecule has 3 aliphatic rings. The number of piperidine rings is 1. The van der Waals surface area contributed by atoms with Crippen molar-refractivity contribution in [2.75, 3.05) is 13.6 Å². The molecule has 164 valence electrons. The molecular formula is C21H29N3O6. The van der Waals surface area contributed by atoms with Gasteiger partial charge in [-0.1, -0.05) is 6.07 Å². The molecule has 30 heavy (non-hydrogen) atoms. The van der Waals surface area contributed by atoms with Crippen molar-refractivity contribution in [3.8, 4) is 5.75 Å². The maximum Gasteiger partial charge on any atom is 0.307 e. The minimum Gasteiger partial charge on any atom is -0.507 e. The Morgan fingerprint density at radius 1 is 1.37 bits per heavy atom. The Labute approximate surface area is 174 Å². The van der Waals surface area contributed by atoms with Crippen LogP contribution in [0.4, 0.5) is 0 Å². The first-order valence-corrected chi connectivity index (χ1v) is 10.3. The molecule has 2 aliphatic carbocycles. The highest BCUT2D eigenvalue weighted by atomic mass is 16.4. The Balaban J connectivity index is 1.80. The number of phenols is 1. The fourth-order valence-corrected chi connectivity index (χ4v) is 6.18. The van der Waals surface area contributed by atoms with E-state index in [1.165, 1.54) is 6.07 Å². The Hall–Kier alpha value is -2.20. The first-order valence-electron chi connectivity index (χ1n) is 10.3. The summed E-state index contributed by atoms with van der Waals surface area (Å²) in [5.74, 6) is -2.01. The van der Waals surface area contributed by atoms with Crippen LogP contribution in [0.5, 0.6) is 5.75 Å². The molecule has 2 bridgehead atoms. The van der Waals surface area contributed by atoms with E-state index in [2.05, 4.69) is 10.2 Å². The number of carbonyl (C=O) groups excluding carboxylic acids is 1. The van der Waals surface area contributed by atoms with Crippen molar-refractivity contribution in [3.63, 3.8) is 0 Å². The molecule has 9 nitrogen and oxygen atoms in total. The van der Waals surface area contributed by atoms with Crippen LogP contribution in [0.1, 0.15) is 53.6 Å². The van der Waals surface area contributed by atoms with Gasteiger partial charge in [-0.2, -0.15) is 0 Å². The van der Waals surface area contributed by atoms with Crippen molar-refractivity contribution in [2.24, 2.45) is 5.73 Å². The Morgan fingerprint density at radius 3 is 2.77 bits per heavy atom. The maximum absolute atomic E-state index is 12.0. The number of likely N-dealkylation sites (N-methyl/N-ethyl adjacent to an activating group) is 1. The van der Waals surface area contributed by atoms with Crippen molar-refractivity contribution in [3.05, 3.63) is 28.8 Å². The Bertz CT molecular complexity index is 892. The molecule has 1 aromatic rings. The molecule has 4 rings (SSSR count). The van der Waals surface area contributed by atoms with Gasteiger partial charge in [-0.05, 0) is 57.3 Å². The molecule has 1 amide bonds. The molecule has 9 heteroatoms. The van der Waals surface area contributed by atoms with Gasteiger partial charge < -0.3 is 31.1 Å². The minimum atomic E-state index is -1.20. The van der Waals surface area contributed by atoms with Gasteiger partial charge >= 0.3 is 5.97 Å². The fourth-order valence-electron chi connectivity index (χ4n) is 6.18. The summed E-state index contributed by atoms with van der Waals surface area (Å²) in [4.78, 5) is 24.9. The number of likely N-dealkylation sites (tertiary alicyclic amines) is 1. The van der Waals surface area contributed by atoms with Gasteiger partial charge in [0, 0.05) is 23.1 Å². The topological polar surface area (TPSA) is 156 Å². The molecule has 5 atom stereocenters. The van der Waals surface area contributed by atoms with Crippen LogP contribution in [0.25, 0.3) is 0 Å². The van der Waals surface area contributed by atoms with Gasteiger partial charge in [0.2, 0.25) is 0 Å². The second kappa shape index (κ2) is 7.19. The number of nitrogens with zero attached hydrogens (tertiary/aromatic N) is 1. The van der Waals surface area contributed by atoms with E-state index in [-0.39, 0.29) is 23.4 Å². The van der Waals surface area contributed by atoms with Crippen LogP contribution in [0.15, 0.2) is 12.1 Å². The predicted octanol–water partition coefficient (Wildman–Crippen LogP) is -0.345. The summed E-state index contributed by atoms with van der Waals surface area (Å²) < 4.78 is 0. The third-order valence-electron chi connectivity index (χ3n) is 7.49. The number of carboxylic acids is 1. The number of amides is 1. The number of benzene rings is 1. The van der Waals surface area contributed by atoms with Gasteiger partial charge in [-0.15, -0.1) is 0 Å². The van der Waals surface area contributed by atoms with Gasteiger partial charge in [-0.25, -0.2) is 0 Å². The number of carbonyl (C=O) groups is 2. The van der Waals surface area contributed by atoms with Crippen molar-refractivity contribution in [1.29, 1.82) is 0 Å². The third kappa shape index (κ3) is 2.99. The SMILES string of the molecule is CN1CC[C@]23C[C@H](NC(O)CC(=O)O)CC[C@@]2(O)[C@H]1Cc1ccc(C(N)=O)c(O)c13. The number of rotatable bonds is 5. The number of aliphatic hydroxyl groups is 2. The number of aromatic hydroxyl groups is 1. The molecule has 1 saturated heterocycles. The number of carboxylic acid groups (broad SMARTS) is 1. The zero-order chi connectivity index (χ0) is 21.8. The molecule has 0 radical (unpaired) electrons. The average molecular weight is 419 g/mol. The smallest absolute Gasteiger partial charge is 0.307 e. The molecule has 0 aromatic heterocycles. The van der Waals surface area contributed by atoms with Crippen LogP contribution >= 0.6 is 0 Å². The zero-order valence-corrected chi connectivity index (χ0v) is 17.0. The first kappa shape index (κ1) is 21.0. The molecule has 1 saturated carbocycles. The summed E-state index contributed by atoms with van der Waals surface area (Å²) in [6, 6.07) is 2.95. The van der Waals surface area contributed by atoms with Crippen LogP contribution in [-0.4, -0.2) is 74.7 Å². The summed E-state index contributed by atoms with van der Waals surface area (Å²) in [5, 5.41) is 45.0. The zero-order valence-electron chi connectivity index (χ0n) is 17.0. The molecule has 1 heterocycles. The molecular weight excluding hydrogens is 390 g/mol. The summed E-state index contributed by atoms with van der Waals surface area (Å²) in [5.41, 5.74) is 5.01. The highest BCUT2D eigenvalue weighted by molar-refractivity contribution is 5.96. The van der Waals surface area contributed by atoms with Crippen LogP contribution < -0.4 is 11.1 Å². The number of nitrogens with two attached hydrogens (primary N) is 1. The summed E-state index contributed by atoms with van der Waals surface area (Å²) in [6.45, 7) is 0.705. The molecule has 1 unspecified atom stereocenters. The lowest BCUT2D eigenvalue weighted by atomic mass is 9.48. The number of aliphatic hydroxyl groups excluding tert-OH is 1. The van der Waals surface area contributed by atoms with E-state index in [0.717, 1.165) is 5.56 Å². The maximum atomic E-state index is 12.0. The van der Waals surface area contributed by atoms with Crippen LogP contribution in [0.3, 0.4) is 0 Å². The monoisotopic (exact) mass is 419 g/mol. The van der Waals surface area contributed by atoms with Gasteiger partial charge in [0.25, 0.3) is 5.91 Å². The lowest BCUT2D eigenvalue weighted by Crippen LogP contribution is -2.73. The summed E-state index contributed by atoms with van der Waals surface area (Å²) in [6.07, 6.45) is 0.887. The van der Waals surface area contributed by atoms with Crippen molar-refractivity contribution in [1.82, 2.24) is 10.2 Å².